The van der Waals surface area contributed by atoms with E-state index in [4.69, 9.17) is 0 Å². The maximum Gasteiger partial charge on any atom is 0.326 e. The molecule has 1 aliphatic heterocycles. The van der Waals surface area contributed by atoms with Gasteiger partial charge in [0.15, 0.2) is 0 Å². The highest BCUT2D eigenvalue weighted by Gasteiger charge is 2.32. The average Bonchev–Trinajstić information content (AvgIpc) is 2.63. The molecule has 1 fully saturated rings. The summed E-state index contributed by atoms with van der Waals surface area (Å²) in [7, 11) is 0. The van der Waals surface area contributed by atoms with Crippen molar-refractivity contribution in [2.75, 3.05) is 19.6 Å². The number of hydrogen-bond acceptors (Lipinski definition) is 2. The first-order valence-electron chi connectivity index (χ1n) is 6.62. The molecule has 1 heterocycles. The monoisotopic (exact) mass is 266 g/mol. The third-order valence-electron chi connectivity index (χ3n) is 3.25. The van der Waals surface area contributed by atoms with E-state index in [1.165, 1.54) is 4.90 Å². The molecule has 0 aliphatic carbocycles. The van der Waals surface area contributed by atoms with Gasteiger partial charge in [-0.15, -0.1) is 13.2 Å². The van der Waals surface area contributed by atoms with Crippen LogP contribution in [0.1, 0.15) is 25.7 Å². The fourth-order valence-electron chi connectivity index (χ4n) is 2.32. The molecule has 0 saturated carbocycles. The summed E-state index contributed by atoms with van der Waals surface area (Å²) in [6, 6.07) is -0.957. The summed E-state index contributed by atoms with van der Waals surface area (Å²) in [4.78, 5) is 26.8. The van der Waals surface area contributed by atoms with Gasteiger partial charge in [0.1, 0.15) is 6.04 Å². The topological polar surface area (TPSA) is 60.9 Å². The summed E-state index contributed by atoms with van der Waals surface area (Å²) in [5.41, 5.74) is 0. The van der Waals surface area contributed by atoms with Crippen LogP contribution in [0.25, 0.3) is 0 Å². The first-order valence-corrected chi connectivity index (χ1v) is 6.62. The van der Waals surface area contributed by atoms with Crippen molar-refractivity contribution in [3.8, 4) is 0 Å². The predicted molar refractivity (Wildman–Crippen MR) is 74.0 cm³/mol. The van der Waals surface area contributed by atoms with Crippen molar-refractivity contribution in [3.63, 3.8) is 0 Å². The van der Waals surface area contributed by atoms with Crippen molar-refractivity contribution in [2.45, 2.75) is 31.7 Å². The molecular formula is C14H22N2O3. The van der Waals surface area contributed by atoms with Gasteiger partial charge >= 0.3 is 12.0 Å². The molecular weight excluding hydrogens is 244 g/mol. The standard InChI is InChI=1S/C14H22N2O3/c1-3-9-15(10-4-2)14(19)16-11-7-5-6-8-12(16)13(17)18/h3-4,12H,1-2,5-11H2,(H,17,18). The number of hydrogen-bond donors (Lipinski definition) is 1. The predicted octanol–water partition coefficient (Wildman–Crippen LogP) is 2.11. The summed E-state index contributed by atoms with van der Waals surface area (Å²) < 4.78 is 0. The second-order valence-corrected chi connectivity index (χ2v) is 4.66. The lowest BCUT2D eigenvalue weighted by Gasteiger charge is -2.32. The van der Waals surface area contributed by atoms with Crippen molar-refractivity contribution in [3.05, 3.63) is 25.3 Å². The van der Waals surface area contributed by atoms with Gasteiger partial charge < -0.3 is 14.9 Å². The number of aliphatic carboxylic acids is 1. The van der Waals surface area contributed by atoms with Gasteiger partial charge in [-0.3, -0.25) is 0 Å². The average molecular weight is 266 g/mol. The van der Waals surface area contributed by atoms with Crippen molar-refractivity contribution in [2.24, 2.45) is 0 Å². The van der Waals surface area contributed by atoms with E-state index in [-0.39, 0.29) is 6.03 Å². The van der Waals surface area contributed by atoms with Crippen LogP contribution in [0.5, 0.6) is 0 Å². The van der Waals surface area contributed by atoms with E-state index in [2.05, 4.69) is 13.2 Å². The van der Waals surface area contributed by atoms with Crippen LogP contribution in [-0.2, 0) is 4.79 Å². The molecule has 1 aliphatic rings. The minimum absolute atomic E-state index is 0.242. The van der Waals surface area contributed by atoms with Crippen molar-refractivity contribution >= 4 is 12.0 Å². The molecule has 19 heavy (non-hydrogen) atoms. The van der Waals surface area contributed by atoms with Gasteiger partial charge in [0.2, 0.25) is 0 Å². The van der Waals surface area contributed by atoms with E-state index < -0.39 is 12.0 Å². The molecule has 5 heteroatoms. The largest absolute Gasteiger partial charge is 0.480 e. The van der Waals surface area contributed by atoms with Crippen molar-refractivity contribution in [1.82, 2.24) is 9.80 Å². The lowest BCUT2D eigenvalue weighted by atomic mass is 10.1. The van der Waals surface area contributed by atoms with E-state index in [9.17, 15) is 14.7 Å². The van der Waals surface area contributed by atoms with Crippen LogP contribution in [0.15, 0.2) is 25.3 Å². The highest BCUT2D eigenvalue weighted by molar-refractivity contribution is 5.83. The number of carboxylic acids is 1. The molecule has 1 N–H and O–H groups in total. The van der Waals surface area contributed by atoms with Gasteiger partial charge in [-0.25, -0.2) is 9.59 Å². The fourth-order valence-corrected chi connectivity index (χ4v) is 2.32. The number of carbonyl (C=O) groups is 2. The Kier molecular flexibility index (Phi) is 6.12. The second-order valence-electron chi connectivity index (χ2n) is 4.66. The number of carbonyl (C=O) groups excluding carboxylic acids is 1. The zero-order valence-corrected chi connectivity index (χ0v) is 11.3. The van der Waals surface area contributed by atoms with Gasteiger partial charge in [0.05, 0.1) is 0 Å². The van der Waals surface area contributed by atoms with Crippen LogP contribution >= 0.6 is 0 Å². The zero-order chi connectivity index (χ0) is 14.3. The maximum atomic E-state index is 12.4. The van der Waals surface area contributed by atoms with Gasteiger partial charge in [0, 0.05) is 19.6 Å². The Morgan fingerprint density at radius 1 is 1.21 bits per heavy atom. The molecule has 0 aromatic heterocycles. The molecule has 1 rings (SSSR count). The van der Waals surface area contributed by atoms with Crippen LogP contribution in [0.2, 0.25) is 0 Å². The van der Waals surface area contributed by atoms with E-state index in [1.807, 2.05) is 0 Å². The number of carboxylic acid groups (broad SMARTS) is 1. The SMILES string of the molecule is C=CCN(CC=C)C(=O)N1CCCCCC1C(=O)O. The van der Waals surface area contributed by atoms with Crippen molar-refractivity contribution in [1.29, 1.82) is 0 Å². The quantitative estimate of drug-likeness (QED) is 0.775. The molecule has 0 spiro atoms. The number of urea groups is 1. The van der Waals surface area contributed by atoms with Crippen LogP contribution in [0.3, 0.4) is 0 Å². The molecule has 106 valence electrons. The molecule has 1 unspecified atom stereocenters. The molecule has 0 aromatic rings. The Labute approximate surface area is 114 Å². The molecule has 5 nitrogen and oxygen atoms in total. The summed E-state index contributed by atoms with van der Waals surface area (Å²) in [6.07, 6.45) is 6.47. The Morgan fingerprint density at radius 2 is 1.84 bits per heavy atom. The molecule has 1 saturated heterocycles. The van der Waals surface area contributed by atoms with Gasteiger partial charge in [0.25, 0.3) is 0 Å². The van der Waals surface area contributed by atoms with E-state index >= 15 is 0 Å². The minimum atomic E-state index is -0.924. The zero-order valence-electron chi connectivity index (χ0n) is 11.3. The molecule has 0 radical (unpaired) electrons. The Hall–Kier alpha value is -1.78. The third kappa shape index (κ3) is 4.12. The van der Waals surface area contributed by atoms with Crippen LogP contribution < -0.4 is 0 Å². The Balaban J connectivity index is 2.86. The minimum Gasteiger partial charge on any atom is -0.480 e. The van der Waals surface area contributed by atoms with Crippen LogP contribution in [-0.4, -0.2) is 52.6 Å². The van der Waals surface area contributed by atoms with E-state index in [0.29, 0.717) is 26.1 Å². The molecule has 2 amide bonds. The first-order chi connectivity index (χ1) is 9.11. The Morgan fingerprint density at radius 3 is 2.37 bits per heavy atom. The first kappa shape index (κ1) is 15.3. The maximum absolute atomic E-state index is 12.4. The van der Waals surface area contributed by atoms with Gasteiger partial charge in [-0.2, -0.15) is 0 Å². The van der Waals surface area contributed by atoms with E-state index in [0.717, 1.165) is 19.3 Å². The highest BCUT2D eigenvalue weighted by Crippen LogP contribution is 2.18. The number of amides is 2. The lowest BCUT2D eigenvalue weighted by Crippen LogP contribution is -2.51. The van der Waals surface area contributed by atoms with Gasteiger partial charge in [-0.05, 0) is 12.8 Å². The Bertz CT molecular complexity index is 345. The van der Waals surface area contributed by atoms with Gasteiger partial charge in [-0.1, -0.05) is 25.0 Å². The summed E-state index contributed by atoms with van der Waals surface area (Å²) in [5, 5.41) is 9.27. The molecule has 0 aromatic carbocycles. The normalized spacial score (nSPS) is 19.4. The van der Waals surface area contributed by atoms with Crippen molar-refractivity contribution < 1.29 is 14.7 Å². The van der Waals surface area contributed by atoms with Crippen LogP contribution in [0, 0.1) is 0 Å². The number of nitrogens with zero attached hydrogens (tertiary/aromatic N) is 2. The summed E-state index contributed by atoms with van der Waals surface area (Å²) in [5.74, 6) is -0.924. The highest BCUT2D eigenvalue weighted by atomic mass is 16.4. The number of rotatable bonds is 5. The smallest absolute Gasteiger partial charge is 0.326 e. The third-order valence-corrected chi connectivity index (χ3v) is 3.25. The second kappa shape index (κ2) is 7.61. The molecule has 0 bridgehead atoms. The lowest BCUT2D eigenvalue weighted by molar-refractivity contribution is -0.142. The summed E-state index contributed by atoms with van der Waals surface area (Å²) >= 11 is 0. The molecule has 1 atom stereocenters. The summed E-state index contributed by atoms with van der Waals surface area (Å²) in [6.45, 7) is 8.53. The van der Waals surface area contributed by atoms with Crippen LogP contribution in [0.4, 0.5) is 4.79 Å². The fraction of sp³-hybridized carbons (Fsp3) is 0.571. The van der Waals surface area contributed by atoms with E-state index in [1.54, 1.807) is 17.1 Å². The number of likely N-dealkylation sites (tertiary alicyclic amines) is 1.